The summed E-state index contributed by atoms with van der Waals surface area (Å²) in [7, 11) is 0. The Morgan fingerprint density at radius 3 is 3.00 bits per heavy atom. The Morgan fingerprint density at radius 1 is 1.47 bits per heavy atom. The van der Waals surface area contributed by atoms with Crippen molar-refractivity contribution in [3.63, 3.8) is 0 Å². The molecule has 1 saturated carbocycles. The van der Waals surface area contributed by atoms with Gasteiger partial charge in [-0.25, -0.2) is 9.48 Å². The first kappa shape index (κ1) is 12.5. The van der Waals surface area contributed by atoms with Crippen molar-refractivity contribution in [2.75, 3.05) is 6.26 Å². The molecule has 6 heteroatoms. The summed E-state index contributed by atoms with van der Waals surface area (Å²) in [6, 6.07) is 5.41. The first-order valence-corrected chi connectivity index (χ1v) is 7.59. The molecule has 1 aliphatic rings. The zero-order valence-corrected chi connectivity index (χ0v) is 11.4. The van der Waals surface area contributed by atoms with Gasteiger partial charge in [-0.05, 0) is 37.7 Å². The van der Waals surface area contributed by atoms with Crippen LogP contribution in [0.2, 0.25) is 0 Å². The number of thioether (sulfide) groups is 1. The molecule has 100 valence electrons. The molecule has 0 bridgehead atoms. The fourth-order valence-electron chi connectivity index (χ4n) is 2.78. The molecular weight excluding hydrogens is 262 g/mol. The molecule has 1 aliphatic carbocycles. The molecule has 1 aromatic heterocycles. The van der Waals surface area contributed by atoms with E-state index in [2.05, 4.69) is 16.6 Å². The van der Waals surface area contributed by atoms with E-state index in [4.69, 9.17) is 0 Å². The number of carboxylic acid groups (broad SMARTS) is 1. The predicted octanol–water partition coefficient (Wildman–Crippen LogP) is 2.59. The van der Waals surface area contributed by atoms with E-state index in [0.29, 0.717) is 16.3 Å². The number of hydrogen-bond donors (Lipinski definition) is 1. The Labute approximate surface area is 115 Å². The molecule has 1 fully saturated rings. The van der Waals surface area contributed by atoms with Crippen molar-refractivity contribution >= 4 is 28.8 Å². The lowest BCUT2D eigenvalue weighted by molar-refractivity contribution is 0.0698. The second-order valence-electron chi connectivity index (χ2n) is 4.84. The quantitative estimate of drug-likeness (QED) is 0.934. The number of carbonyl (C=O) groups is 1. The Kier molecular flexibility index (Phi) is 3.18. The summed E-state index contributed by atoms with van der Waals surface area (Å²) in [6.07, 6.45) is 5.35. The first-order valence-electron chi connectivity index (χ1n) is 6.30. The van der Waals surface area contributed by atoms with Crippen molar-refractivity contribution in [2.45, 2.75) is 30.6 Å². The summed E-state index contributed by atoms with van der Waals surface area (Å²) in [5, 5.41) is 18.2. The van der Waals surface area contributed by atoms with Crippen LogP contribution in [0.25, 0.3) is 11.0 Å². The number of benzene rings is 1. The van der Waals surface area contributed by atoms with Crippen LogP contribution in [-0.4, -0.2) is 37.6 Å². The minimum absolute atomic E-state index is 0.267. The molecule has 2 atom stereocenters. The third-order valence-corrected chi connectivity index (χ3v) is 4.85. The number of nitrogens with zero attached hydrogens (tertiary/aromatic N) is 3. The number of aromatic nitrogens is 3. The van der Waals surface area contributed by atoms with Crippen LogP contribution in [-0.2, 0) is 0 Å². The van der Waals surface area contributed by atoms with Crippen molar-refractivity contribution < 1.29 is 9.90 Å². The van der Waals surface area contributed by atoms with E-state index >= 15 is 0 Å². The van der Waals surface area contributed by atoms with Gasteiger partial charge in [-0.3, -0.25) is 0 Å². The molecule has 1 aromatic carbocycles. The Balaban J connectivity index is 2.07. The molecular formula is C13H15N3O2S. The summed E-state index contributed by atoms with van der Waals surface area (Å²) >= 11 is 1.87. The Bertz CT molecular complexity index is 625. The molecule has 3 rings (SSSR count). The van der Waals surface area contributed by atoms with E-state index in [9.17, 15) is 9.90 Å². The van der Waals surface area contributed by atoms with Crippen LogP contribution in [0.15, 0.2) is 18.2 Å². The largest absolute Gasteiger partial charge is 0.478 e. The van der Waals surface area contributed by atoms with Crippen molar-refractivity contribution in [2.24, 2.45) is 0 Å². The lowest BCUT2D eigenvalue weighted by Gasteiger charge is -2.12. The standard InChI is InChI=1S/C13H15N3O2S/c1-19-9-6-5-8(7-9)16-12-10(13(17)18)3-2-4-11(12)14-15-16/h2-4,8-9H,5-7H2,1H3,(H,17,18). The van der Waals surface area contributed by atoms with Gasteiger partial charge in [0.25, 0.3) is 0 Å². The third kappa shape index (κ3) is 2.10. The molecule has 19 heavy (non-hydrogen) atoms. The molecule has 5 nitrogen and oxygen atoms in total. The fourth-order valence-corrected chi connectivity index (χ4v) is 3.56. The Morgan fingerprint density at radius 2 is 2.32 bits per heavy atom. The highest BCUT2D eigenvalue weighted by atomic mass is 32.2. The van der Waals surface area contributed by atoms with Crippen molar-refractivity contribution in [1.82, 2.24) is 15.0 Å². The highest BCUT2D eigenvalue weighted by molar-refractivity contribution is 7.99. The maximum atomic E-state index is 11.3. The number of aromatic carboxylic acids is 1. The van der Waals surface area contributed by atoms with Gasteiger partial charge in [-0.1, -0.05) is 11.3 Å². The van der Waals surface area contributed by atoms with Crippen LogP contribution in [0, 0.1) is 0 Å². The summed E-state index contributed by atoms with van der Waals surface area (Å²) in [5.41, 5.74) is 1.60. The monoisotopic (exact) mass is 277 g/mol. The molecule has 0 saturated heterocycles. The number of carboxylic acids is 1. The maximum Gasteiger partial charge on any atom is 0.337 e. The van der Waals surface area contributed by atoms with Crippen molar-refractivity contribution in [3.05, 3.63) is 23.8 Å². The second-order valence-corrected chi connectivity index (χ2v) is 5.98. The van der Waals surface area contributed by atoms with Crippen LogP contribution >= 0.6 is 11.8 Å². The van der Waals surface area contributed by atoms with Crippen molar-refractivity contribution in [3.8, 4) is 0 Å². The molecule has 1 N–H and O–H groups in total. The molecule has 1 heterocycles. The van der Waals surface area contributed by atoms with E-state index in [1.165, 1.54) is 0 Å². The minimum atomic E-state index is -0.923. The average Bonchev–Trinajstić information content (AvgIpc) is 3.03. The zero-order valence-electron chi connectivity index (χ0n) is 10.6. The third-order valence-electron chi connectivity index (χ3n) is 3.76. The van der Waals surface area contributed by atoms with Crippen LogP contribution in [0.4, 0.5) is 0 Å². The fraction of sp³-hybridized carbons (Fsp3) is 0.462. The topological polar surface area (TPSA) is 68.0 Å². The molecule has 0 aliphatic heterocycles. The van der Waals surface area contributed by atoms with Gasteiger partial charge < -0.3 is 5.11 Å². The smallest absolute Gasteiger partial charge is 0.337 e. The predicted molar refractivity (Wildman–Crippen MR) is 74.7 cm³/mol. The highest BCUT2D eigenvalue weighted by Gasteiger charge is 2.28. The first-order chi connectivity index (χ1) is 9.20. The van der Waals surface area contributed by atoms with E-state index in [-0.39, 0.29) is 11.6 Å². The van der Waals surface area contributed by atoms with Gasteiger partial charge in [0.1, 0.15) is 11.0 Å². The lowest BCUT2D eigenvalue weighted by Crippen LogP contribution is -2.10. The van der Waals surface area contributed by atoms with Crippen LogP contribution in [0.1, 0.15) is 35.7 Å². The Hall–Kier alpha value is -1.56. The number of hydrogen-bond acceptors (Lipinski definition) is 4. The van der Waals surface area contributed by atoms with Crippen LogP contribution in [0.3, 0.4) is 0 Å². The highest BCUT2D eigenvalue weighted by Crippen LogP contribution is 2.37. The van der Waals surface area contributed by atoms with Gasteiger partial charge in [0, 0.05) is 5.25 Å². The van der Waals surface area contributed by atoms with Gasteiger partial charge in [0.05, 0.1) is 11.6 Å². The zero-order chi connectivity index (χ0) is 13.4. The maximum absolute atomic E-state index is 11.3. The van der Waals surface area contributed by atoms with E-state index in [0.717, 1.165) is 19.3 Å². The summed E-state index contributed by atoms with van der Waals surface area (Å²) < 4.78 is 1.81. The minimum Gasteiger partial charge on any atom is -0.478 e. The van der Waals surface area contributed by atoms with Gasteiger partial charge in [0.15, 0.2) is 0 Å². The average molecular weight is 277 g/mol. The number of rotatable bonds is 3. The molecule has 0 amide bonds. The van der Waals surface area contributed by atoms with Gasteiger partial charge in [0.2, 0.25) is 0 Å². The second kappa shape index (κ2) is 4.85. The van der Waals surface area contributed by atoms with Crippen LogP contribution < -0.4 is 0 Å². The van der Waals surface area contributed by atoms with Crippen molar-refractivity contribution in [1.29, 1.82) is 0 Å². The number of para-hydroxylation sites is 1. The summed E-state index contributed by atoms with van der Waals surface area (Å²) in [6.45, 7) is 0. The molecule has 0 radical (unpaired) electrons. The van der Waals surface area contributed by atoms with Gasteiger partial charge >= 0.3 is 5.97 Å². The lowest BCUT2D eigenvalue weighted by atomic mass is 10.1. The van der Waals surface area contributed by atoms with E-state index in [1.807, 2.05) is 22.5 Å². The van der Waals surface area contributed by atoms with Crippen LogP contribution in [0.5, 0.6) is 0 Å². The summed E-state index contributed by atoms with van der Waals surface area (Å²) in [4.78, 5) is 11.3. The molecule has 0 spiro atoms. The normalized spacial score (nSPS) is 23.0. The van der Waals surface area contributed by atoms with Gasteiger partial charge in [-0.2, -0.15) is 11.8 Å². The van der Waals surface area contributed by atoms with Gasteiger partial charge in [-0.15, -0.1) is 5.10 Å². The molecule has 2 unspecified atom stereocenters. The SMILES string of the molecule is CSC1CCC(n2nnc3cccc(C(=O)O)c32)C1. The molecule has 2 aromatic rings. The van der Waals surface area contributed by atoms with E-state index < -0.39 is 5.97 Å². The van der Waals surface area contributed by atoms with E-state index in [1.54, 1.807) is 12.1 Å². The number of fused-ring (bicyclic) bond motifs is 1. The summed E-state index contributed by atoms with van der Waals surface area (Å²) in [5.74, 6) is -0.923.